The van der Waals surface area contributed by atoms with Crippen molar-refractivity contribution in [3.8, 4) is 17.2 Å². The Morgan fingerprint density at radius 3 is 2.50 bits per heavy atom. The third-order valence-corrected chi connectivity index (χ3v) is 3.78. The van der Waals surface area contributed by atoms with Gasteiger partial charge in [-0.15, -0.1) is 0 Å². The smallest absolute Gasteiger partial charge is 0.172 e. The molecule has 2 rings (SSSR count). The summed E-state index contributed by atoms with van der Waals surface area (Å²) < 4.78 is 30.2. The van der Waals surface area contributed by atoms with E-state index in [0.29, 0.717) is 29.4 Å². The molecular weight excluding hydrogens is 261 g/mol. The van der Waals surface area contributed by atoms with Gasteiger partial charge in [-0.3, -0.25) is 0 Å². The highest BCUT2D eigenvalue weighted by Crippen LogP contribution is 2.40. The molecule has 1 N–H and O–H groups in total. The fourth-order valence-corrected chi connectivity index (χ4v) is 2.74. The number of nitrogens with one attached hydrogen (secondary N) is 1. The van der Waals surface area contributed by atoms with Gasteiger partial charge in [0.2, 0.25) is 0 Å². The number of halogens is 1. The molecule has 0 radical (unpaired) electrons. The highest BCUT2D eigenvalue weighted by atomic mass is 19.1. The molecule has 1 saturated heterocycles. The molecule has 0 amide bonds. The van der Waals surface area contributed by atoms with Gasteiger partial charge in [0.1, 0.15) is 0 Å². The maximum absolute atomic E-state index is 14.5. The summed E-state index contributed by atoms with van der Waals surface area (Å²) in [4.78, 5) is 0. The van der Waals surface area contributed by atoms with Crippen LogP contribution >= 0.6 is 0 Å². The molecule has 1 heterocycles. The van der Waals surface area contributed by atoms with E-state index < -0.39 is 0 Å². The molecule has 0 saturated carbocycles. The Hall–Kier alpha value is -1.49. The highest BCUT2D eigenvalue weighted by Gasteiger charge is 2.24. The van der Waals surface area contributed by atoms with Gasteiger partial charge in [0.05, 0.1) is 21.3 Å². The summed E-state index contributed by atoms with van der Waals surface area (Å²) in [6.45, 7) is 1.94. The summed E-state index contributed by atoms with van der Waals surface area (Å²) in [5.41, 5.74) is 0.539. The molecule has 1 atom stereocenters. The van der Waals surface area contributed by atoms with E-state index in [0.717, 1.165) is 25.9 Å². The zero-order chi connectivity index (χ0) is 14.5. The van der Waals surface area contributed by atoms with Crippen LogP contribution in [0.25, 0.3) is 0 Å². The van der Waals surface area contributed by atoms with Gasteiger partial charge in [-0.05, 0) is 38.3 Å². The lowest BCUT2D eigenvalue weighted by Gasteiger charge is -2.24. The predicted octanol–water partition coefficient (Wildman–Crippen LogP) is 2.39. The van der Waals surface area contributed by atoms with E-state index in [2.05, 4.69) is 5.32 Å². The molecule has 0 aromatic heterocycles. The van der Waals surface area contributed by atoms with Crippen LogP contribution in [-0.2, 0) is 6.42 Å². The number of rotatable bonds is 5. The summed E-state index contributed by atoms with van der Waals surface area (Å²) in [6, 6.07) is 1.52. The van der Waals surface area contributed by atoms with Gasteiger partial charge < -0.3 is 19.5 Å². The Kier molecular flexibility index (Phi) is 5.06. The van der Waals surface area contributed by atoms with E-state index in [4.69, 9.17) is 14.2 Å². The van der Waals surface area contributed by atoms with Crippen molar-refractivity contribution in [1.29, 1.82) is 0 Å². The molecule has 1 fully saturated rings. The molecule has 0 aliphatic carbocycles. The minimum Gasteiger partial charge on any atom is -0.494 e. The lowest BCUT2D eigenvalue weighted by atomic mass is 9.91. The van der Waals surface area contributed by atoms with Gasteiger partial charge in [0.25, 0.3) is 0 Å². The first kappa shape index (κ1) is 14.9. The molecule has 4 nitrogen and oxygen atoms in total. The quantitative estimate of drug-likeness (QED) is 0.900. The van der Waals surface area contributed by atoms with Crippen molar-refractivity contribution in [3.05, 3.63) is 17.4 Å². The van der Waals surface area contributed by atoms with Crippen molar-refractivity contribution in [3.63, 3.8) is 0 Å². The fraction of sp³-hybridized carbons (Fsp3) is 0.600. The van der Waals surface area contributed by atoms with Crippen molar-refractivity contribution in [2.75, 3.05) is 34.4 Å². The topological polar surface area (TPSA) is 39.7 Å². The molecule has 1 aromatic rings. The Bertz CT molecular complexity index is 459. The van der Waals surface area contributed by atoms with Crippen molar-refractivity contribution in [2.45, 2.75) is 19.3 Å². The summed E-state index contributed by atoms with van der Waals surface area (Å²) >= 11 is 0. The van der Waals surface area contributed by atoms with Gasteiger partial charge in [-0.25, -0.2) is 4.39 Å². The van der Waals surface area contributed by atoms with Crippen LogP contribution in [-0.4, -0.2) is 34.4 Å². The maximum atomic E-state index is 14.5. The number of methoxy groups -OCH3 is 3. The molecule has 1 aromatic carbocycles. The Morgan fingerprint density at radius 1 is 1.20 bits per heavy atom. The molecule has 0 spiro atoms. The van der Waals surface area contributed by atoms with Crippen LogP contribution in [0, 0.1) is 11.7 Å². The van der Waals surface area contributed by atoms with Crippen molar-refractivity contribution < 1.29 is 18.6 Å². The summed E-state index contributed by atoms with van der Waals surface area (Å²) in [5, 5.41) is 3.34. The SMILES string of the molecule is COc1cc(OC)c(OC)c(CC2CCCNC2)c1F. The van der Waals surface area contributed by atoms with E-state index in [1.165, 1.54) is 20.3 Å². The Labute approximate surface area is 119 Å². The zero-order valence-corrected chi connectivity index (χ0v) is 12.3. The number of piperidine rings is 1. The Morgan fingerprint density at radius 2 is 1.95 bits per heavy atom. The van der Waals surface area contributed by atoms with Crippen molar-refractivity contribution in [2.24, 2.45) is 5.92 Å². The monoisotopic (exact) mass is 283 g/mol. The average Bonchev–Trinajstić information content (AvgIpc) is 2.50. The van der Waals surface area contributed by atoms with E-state index in [1.54, 1.807) is 7.11 Å². The summed E-state index contributed by atoms with van der Waals surface area (Å²) in [7, 11) is 4.53. The lowest BCUT2D eigenvalue weighted by molar-refractivity contribution is 0.322. The van der Waals surface area contributed by atoms with Crippen LogP contribution < -0.4 is 19.5 Å². The predicted molar refractivity (Wildman–Crippen MR) is 75.4 cm³/mol. The van der Waals surface area contributed by atoms with E-state index in [9.17, 15) is 4.39 Å². The van der Waals surface area contributed by atoms with Gasteiger partial charge in [-0.1, -0.05) is 0 Å². The van der Waals surface area contributed by atoms with E-state index >= 15 is 0 Å². The van der Waals surface area contributed by atoms with Gasteiger partial charge in [0, 0.05) is 11.6 Å². The number of hydrogen-bond donors (Lipinski definition) is 1. The van der Waals surface area contributed by atoms with Crippen LogP contribution in [0.4, 0.5) is 4.39 Å². The van der Waals surface area contributed by atoms with Crippen LogP contribution in [0.2, 0.25) is 0 Å². The minimum absolute atomic E-state index is 0.196. The second-order valence-electron chi connectivity index (χ2n) is 5.02. The molecule has 1 unspecified atom stereocenters. The van der Waals surface area contributed by atoms with E-state index in [1.807, 2.05) is 0 Å². The number of ether oxygens (including phenoxy) is 3. The maximum Gasteiger partial charge on any atom is 0.172 e. The first-order chi connectivity index (χ1) is 9.71. The van der Waals surface area contributed by atoms with Crippen LogP contribution in [0.5, 0.6) is 17.2 Å². The first-order valence-electron chi connectivity index (χ1n) is 6.89. The molecule has 1 aliphatic rings. The normalized spacial score (nSPS) is 18.7. The van der Waals surface area contributed by atoms with Gasteiger partial charge in [0.15, 0.2) is 23.1 Å². The third kappa shape index (κ3) is 2.98. The summed E-state index contributed by atoms with van der Waals surface area (Å²) in [5.74, 6) is 1.22. The molecule has 5 heteroatoms. The average molecular weight is 283 g/mol. The minimum atomic E-state index is -0.351. The molecule has 20 heavy (non-hydrogen) atoms. The van der Waals surface area contributed by atoms with E-state index in [-0.39, 0.29) is 11.6 Å². The number of benzene rings is 1. The molecule has 1 aliphatic heterocycles. The zero-order valence-electron chi connectivity index (χ0n) is 12.3. The first-order valence-corrected chi connectivity index (χ1v) is 6.89. The van der Waals surface area contributed by atoms with Crippen molar-refractivity contribution in [1.82, 2.24) is 5.32 Å². The summed E-state index contributed by atoms with van der Waals surface area (Å²) in [6.07, 6.45) is 2.83. The standard InChI is InChI=1S/C15H22FNO3/c1-18-12-8-13(19-2)15(20-3)11(14(12)16)7-10-5-4-6-17-9-10/h8,10,17H,4-7,9H2,1-3H3. The Balaban J connectivity index is 2.36. The van der Waals surface area contributed by atoms with Crippen LogP contribution in [0.15, 0.2) is 6.07 Å². The van der Waals surface area contributed by atoms with Gasteiger partial charge >= 0.3 is 0 Å². The van der Waals surface area contributed by atoms with Crippen molar-refractivity contribution >= 4 is 0 Å². The third-order valence-electron chi connectivity index (χ3n) is 3.78. The molecule has 0 bridgehead atoms. The second-order valence-corrected chi connectivity index (χ2v) is 5.02. The molecular formula is C15H22FNO3. The van der Waals surface area contributed by atoms with Gasteiger partial charge in [-0.2, -0.15) is 0 Å². The van der Waals surface area contributed by atoms with Crippen LogP contribution in [0.3, 0.4) is 0 Å². The lowest BCUT2D eigenvalue weighted by Crippen LogP contribution is -2.31. The fourth-order valence-electron chi connectivity index (χ4n) is 2.74. The number of hydrogen-bond acceptors (Lipinski definition) is 4. The van der Waals surface area contributed by atoms with Crippen LogP contribution in [0.1, 0.15) is 18.4 Å². The highest BCUT2D eigenvalue weighted by molar-refractivity contribution is 5.53. The molecule has 112 valence electrons. The largest absolute Gasteiger partial charge is 0.494 e. The second kappa shape index (κ2) is 6.79.